The molecule has 0 aromatic carbocycles. The summed E-state index contributed by atoms with van der Waals surface area (Å²) in [5.41, 5.74) is 2.91. The minimum absolute atomic E-state index is 0.131. The molecule has 132 valence electrons. The summed E-state index contributed by atoms with van der Waals surface area (Å²) in [6.45, 7) is 4.37. The predicted octanol–water partition coefficient (Wildman–Crippen LogP) is 1.86. The van der Waals surface area contributed by atoms with Gasteiger partial charge in [-0.25, -0.2) is 0 Å². The second kappa shape index (κ2) is 8.39. The molecule has 3 N–H and O–H groups in total. The molecule has 0 radical (unpaired) electrons. The zero-order valence-corrected chi connectivity index (χ0v) is 15.3. The van der Waals surface area contributed by atoms with E-state index in [4.69, 9.17) is 16.4 Å². The van der Waals surface area contributed by atoms with Gasteiger partial charge in [0.05, 0.1) is 12.0 Å². The molecule has 6 atom stereocenters. The van der Waals surface area contributed by atoms with Gasteiger partial charge in [0.15, 0.2) is 0 Å². The van der Waals surface area contributed by atoms with Crippen LogP contribution in [0.25, 0.3) is 0 Å². The number of halogens is 1. The van der Waals surface area contributed by atoms with E-state index in [9.17, 15) is 4.79 Å². The molecule has 1 saturated carbocycles. The van der Waals surface area contributed by atoms with Crippen LogP contribution in [0, 0.1) is 11.8 Å². The van der Waals surface area contributed by atoms with Crippen LogP contribution >= 0.6 is 23.4 Å². The number of nitrogens with one attached hydrogen (secondary N) is 3. The summed E-state index contributed by atoms with van der Waals surface area (Å²) in [4.78, 5) is 17.3. The van der Waals surface area contributed by atoms with Gasteiger partial charge in [-0.15, -0.1) is 23.4 Å². The first-order chi connectivity index (χ1) is 11.1. The summed E-state index contributed by atoms with van der Waals surface area (Å²) >= 11 is 8.46. The summed E-state index contributed by atoms with van der Waals surface area (Å²) in [7, 11) is 0. The number of carbonyl (C=O) groups excluding carboxylic acids is 1. The first-order valence-electron chi connectivity index (χ1n) is 8.80. The highest BCUT2D eigenvalue weighted by Crippen LogP contribution is 2.38. The predicted molar refractivity (Wildman–Crippen MR) is 94.4 cm³/mol. The Balaban J connectivity index is 1.37. The minimum Gasteiger partial charge on any atom is -0.355 e. The summed E-state index contributed by atoms with van der Waals surface area (Å²) < 4.78 is 0. The van der Waals surface area contributed by atoms with Crippen LogP contribution in [0.4, 0.5) is 0 Å². The summed E-state index contributed by atoms with van der Waals surface area (Å²) in [6, 6.07) is 0.250. The highest BCUT2D eigenvalue weighted by Gasteiger charge is 2.36. The van der Waals surface area contributed by atoms with E-state index >= 15 is 0 Å². The van der Waals surface area contributed by atoms with Crippen LogP contribution in [0.1, 0.15) is 39.0 Å². The van der Waals surface area contributed by atoms with Crippen molar-refractivity contribution in [2.75, 3.05) is 19.7 Å². The lowest BCUT2D eigenvalue weighted by Gasteiger charge is -2.31. The van der Waals surface area contributed by atoms with Gasteiger partial charge >= 0.3 is 0 Å². The Labute approximate surface area is 148 Å². The van der Waals surface area contributed by atoms with E-state index in [1.165, 1.54) is 19.3 Å². The summed E-state index contributed by atoms with van der Waals surface area (Å²) in [5.74, 6) is 0.973. The van der Waals surface area contributed by atoms with Crippen LogP contribution in [0.2, 0.25) is 0 Å². The third kappa shape index (κ3) is 4.75. The van der Waals surface area contributed by atoms with Crippen molar-refractivity contribution >= 4 is 29.3 Å². The Bertz CT molecular complexity index is 415. The van der Waals surface area contributed by atoms with Crippen LogP contribution in [-0.2, 0) is 9.63 Å². The van der Waals surface area contributed by atoms with Gasteiger partial charge < -0.3 is 15.5 Å². The molecule has 7 heteroatoms. The van der Waals surface area contributed by atoms with Crippen molar-refractivity contribution in [1.29, 1.82) is 0 Å². The van der Waals surface area contributed by atoms with Crippen molar-refractivity contribution in [3.63, 3.8) is 0 Å². The Kier molecular flexibility index (Phi) is 6.49. The van der Waals surface area contributed by atoms with Crippen molar-refractivity contribution in [2.45, 2.75) is 61.1 Å². The number of hydrogen-bond acceptors (Lipinski definition) is 5. The molecule has 23 heavy (non-hydrogen) atoms. The maximum absolute atomic E-state index is 12.1. The van der Waals surface area contributed by atoms with Crippen LogP contribution in [-0.4, -0.2) is 47.6 Å². The smallest absolute Gasteiger partial charge is 0.220 e. The van der Waals surface area contributed by atoms with Crippen LogP contribution < -0.4 is 16.1 Å². The number of carbonyl (C=O) groups is 1. The van der Waals surface area contributed by atoms with Crippen LogP contribution in [0.5, 0.6) is 0 Å². The number of amides is 1. The molecule has 5 nitrogen and oxygen atoms in total. The van der Waals surface area contributed by atoms with Crippen molar-refractivity contribution in [1.82, 2.24) is 16.1 Å². The Morgan fingerprint density at radius 1 is 1.39 bits per heavy atom. The third-order valence-corrected chi connectivity index (χ3v) is 7.32. The third-order valence-electron chi connectivity index (χ3n) is 5.25. The molecule has 2 aliphatic heterocycles. The van der Waals surface area contributed by atoms with Crippen LogP contribution in [0.15, 0.2) is 0 Å². The Hall–Kier alpha value is -0.0100. The number of hydrogen-bond donors (Lipinski definition) is 3. The molecular weight excluding hydrogens is 334 g/mol. The van der Waals surface area contributed by atoms with Crippen LogP contribution in [0.3, 0.4) is 0 Å². The minimum atomic E-state index is 0.131. The molecule has 0 aromatic rings. The molecular formula is C16H28ClN3O2S. The van der Waals surface area contributed by atoms with E-state index in [2.05, 4.69) is 23.0 Å². The van der Waals surface area contributed by atoms with E-state index in [0.29, 0.717) is 34.9 Å². The first-order valence-corrected chi connectivity index (χ1v) is 10.2. The quantitative estimate of drug-likeness (QED) is 0.652. The zero-order chi connectivity index (χ0) is 16.2. The number of hydroxylamine groups is 1. The lowest BCUT2D eigenvalue weighted by atomic mass is 9.88. The Morgan fingerprint density at radius 2 is 2.22 bits per heavy atom. The molecule has 2 saturated heterocycles. The van der Waals surface area contributed by atoms with Gasteiger partial charge in [-0.3, -0.25) is 4.79 Å². The number of rotatable bonds is 5. The average Bonchev–Trinajstić information content (AvgIpc) is 3.16. The van der Waals surface area contributed by atoms with Gasteiger partial charge in [-0.05, 0) is 25.7 Å². The van der Waals surface area contributed by atoms with Crippen molar-refractivity contribution < 1.29 is 9.63 Å². The summed E-state index contributed by atoms with van der Waals surface area (Å²) in [6.07, 6.45) is 5.46. The van der Waals surface area contributed by atoms with Gasteiger partial charge in [-0.2, -0.15) is 5.48 Å². The molecule has 3 rings (SSSR count). The van der Waals surface area contributed by atoms with Gasteiger partial charge in [0.2, 0.25) is 5.91 Å². The van der Waals surface area contributed by atoms with Gasteiger partial charge in [0, 0.05) is 42.1 Å². The summed E-state index contributed by atoms with van der Waals surface area (Å²) in [5, 5.41) is 7.90. The molecule has 1 aliphatic carbocycles. The molecule has 3 aliphatic rings. The number of thioether (sulfide) groups is 1. The van der Waals surface area contributed by atoms with Gasteiger partial charge in [0.1, 0.15) is 0 Å². The van der Waals surface area contributed by atoms with E-state index < -0.39 is 0 Å². The fourth-order valence-electron chi connectivity index (χ4n) is 3.68. The monoisotopic (exact) mass is 361 g/mol. The molecule has 1 amide bonds. The van der Waals surface area contributed by atoms with E-state index in [0.717, 1.165) is 19.5 Å². The standard InChI is InChI=1S/C16H28ClN3O2S/c1-10-11(9-22-20-10)6-15(21)18-7-12-8-19-16(23-12)13-4-2-3-5-14(13)17/h10-14,16,19-20H,2-9H2,1H3,(H,18,21). The van der Waals surface area contributed by atoms with Gasteiger partial charge in [0.25, 0.3) is 0 Å². The van der Waals surface area contributed by atoms with Crippen molar-refractivity contribution in [3.8, 4) is 0 Å². The van der Waals surface area contributed by atoms with Crippen molar-refractivity contribution in [2.24, 2.45) is 11.8 Å². The molecule has 0 aromatic heterocycles. The fourth-order valence-corrected chi connectivity index (χ4v) is 5.70. The van der Waals surface area contributed by atoms with Crippen molar-refractivity contribution in [3.05, 3.63) is 0 Å². The second-order valence-corrected chi connectivity index (χ2v) is 9.04. The lowest BCUT2D eigenvalue weighted by molar-refractivity contribution is -0.122. The van der Waals surface area contributed by atoms with E-state index in [-0.39, 0.29) is 17.9 Å². The molecule has 2 heterocycles. The zero-order valence-electron chi connectivity index (χ0n) is 13.7. The maximum atomic E-state index is 12.1. The molecule has 0 bridgehead atoms. The SMILES string of the molecule is CC1NOCC1CC(=O)NCC1CNC(C2CCCCC2Cl)S1. The fraction of sp³-hybridized carbons (Fsp3) is 0.938. The second-order valence-electron chi connectivity index (χ2n) is 7.04. The number of alkyl halides is 1. The molecule has 3 fully saturated rings. The lowest BCUT2D eigenvalue weighted by Crippen LogP contribution is -2.36. The highest BCUT2D eigenvalue weighted by molar-refractivity contribution is 8.00. The Morgan fingerprint density at radius 3 is 2.96 bits per heavy atom. The highest BCUT2D eigenvalue weighted by atomic mass is 35.5. The largest absolute Gasteiger partial charge is 0.355 e. The maximum Gasteiger partial charge on any atom is 0.220 e. The molecule has 6 unspecified atom stereocenters. The average molecular weight is 362 g/mol. The van der Waals surface area contributed by atoms with Gasteiger partial charge in [-0.1, -0.05) is 12.8 Å². The normalized spacial score (nSPS) is 41.1. The first kappa shape index (κ1) is 17.8. The van der Waals surface area contributed by atoms with E-state index in [1.54, 1.807) is 0 Å². The van der Waals surface area contributed by atoms with E-state index in [1.807, 2.05) is 11.8 Å². The molecule has 0 spiro atoms. The topological polar surface area (TPSA) is 62.4 Å².